The zero-order chi connectivity index (χ0) is 32.4. The van der Waals surface area contributed by atoms with E-state index in [4.69, 9.17) is 14.2 Å². The van der Waals surface area contributed by atoms with Crippen molar-refractivity contribution in [1.29, 1.82) is 0 Å². The van der Waals surface area contributed by atoms with E-state index in [0.717, 1.165) is 102 Å². The van der Waals surface area contributed by atoms with Crippen molar-refractivity contribution in [2.45, 2.75) is 216 Å². The summed E-state index contributed by atoms with van der Waals surface area (Å²) >= 11 is 0. The number of rotatable bonds is 25. The zero-order valence-corrected chi connectivity index (χ0v) is 28.5. The summed E-state index contributed by atoms with van der Waals surface area (Å²) in [5, 5.41) is 42.1. The molecule has 3 aliphatic rings. The Morgan fingerprint density at radius 1 is 0.644 bits per heavy atom. The molecule has 0 saturated carbocycles. The molecule has 2 saturated heterocycles. The molecular formula is C37H66O8. The molecule has 0 bridgehead atoms. The van der Waals surface area contributed by atoms with Crippen LogP contribution in [0.1, 0.15) is 162 Å². The van der Waals surface area contributed by atoms with Crippen LogP contribution in [-0.4, -0.2) is 81.3 Å². The van der Waals surface area contributed by atoms with E-state index in [1.807, 2.05) is 13.0 Å². The van der Waals surface area contributed by atoms with Gasteiger partial charge in [-0.1, -0.05) is 71.1 Å². The number of carbonyl (C=O) groups excluding carboxylic acids is 1. The van der Waals surface area contributed by atoms with E-state index < -0.39 is 12.2 Å². The molecule has 0 unspecified atom stereocenters. The molecule has 2 fully saturated rings. The summed E-state index contributed by atoms with van der Waals surface area (Å²) in [7, 11) is 0. The van der Waals surface area contributed by atoms with Gasteiger partial charge in [0.15, 0.2) is 0 Å². The van der Waals surface area contributed by atoms with Crippen LogP contribution in [0.4, 0.5) is 0 Å². The summed E-state index contributed by atoms with van der Waals surface area (Å²) in [5.74, 6) is -0.148. The van der Waals surface area contributed by atoms with Gasteiger partial charge in [0.2, 0.25) is 0 Å². The first kappa shape index (κ1) is 38.4. The summed E-state index contributed by atoms with van der Waals surface area (Å²) in [6.45, 7) is 4.08. The van der Waals surface area contributed by atoms with Crippen molar-refractivity contribution >= 4 is 5.97 Å². The lowest BCUT2D eigenvalue weighted by Gasteiger charge is -2.24. The summed E-state index contributed by atoms with van der Waals surface area (Å²) in [5.41, 5.74) is 0.834. The van der Waals surface area contributed by atoms with E-state index in [2.05, 4.69) is 6.92 Å². The Morgan fingerprint density at radius 2 is 1.16 bits per heavy atom. The second kappa shape index (κ2) is 21.8. The van der Waals surface area contributed by atoms with Crippen molar-refractivity contribution in [3.8, 4) is 0 Å². The van der Waals surface area contributed by atoms with Gasteiger partial charge in [-0.15, -0.1) is 0 Å². The van der Waals surface area contributed by atoms with Crippen molar-refractivity contribution in [3.05, 3.63) is 11.6 Å². The molecule has 0 amide bonds. The van der Waals surface area contributed by atoms with E-state index in [1.54, 1.807) is 0 Å². The van der Waals surface area contributed by atoms with Crippen molar-refractivity contribution in [1.82, 2.24) is 0 Å². The van der Waals surface area contributed by atoms with Gasteiger partial charge >= 0.3 is 5.97 Å². The number of esters is 1. The summed E-state index contributed by atoms with van der Waals surface area (Å²) in [4.78, 5) is 11.6. The molecule has 0 radical (unpaired) electrons. The Kier molecular flexibility index (Phi) is 18.6. The Labute approximate surface area is 273 Å². The number of carbonyl (C=O) groups is 1. The highest BCUT2D eigenvalue weighted by Crippen LogP contribution is 2.34. The molecule has 9 atom stereocenters. The lowest BCUT2D eigenvalue weighted by Crippen LogP contribution is -2.33. The van der Waals surface area contributed by atoms with Gasteiger partial charge in [0, 0.05) is 5.57 Å². The van der Waals surface area contributed by atoms with Gasteiger partial charge in [-0.2, -0.15) is 0 Å². The van der Waals surface area contributed by atoms with Crippen molar-refractivity contribution in [2.75, 3.05) is 0 Å². The normalized spacial score (nSPS) is 27.8. The third-order valence-corrected chi connectivity index (χ3v) is 10.1. The third kappa shape index (κ3) is 14.7. The van der Waals surface area contributed by atoms with Crippen LogP contribution >= 0.6 is 0 Å². The number of aliphatic hydroxyl groups excluding tert-OH is 4. The molecule has 0 aromatic heterocycles. The zero-order valence-electron chi connectivity index (χ0n) is 28.5. The quantitative estimate of drug-likeness (QED) is 0.0634. The molecule has 45 heavy (non-hydrogen) atoms. The number of aliphatic hydroxyl groups is 4. The molecule has 262 valence electrons. The van der Waals surface area contributed by atoms with Crippen LogP contribution < -0.4 is 0 Å². The van der Waals surface area contributed by atoms with Gasteiger partial charge < -0.3 is 34.6 Å². The van der Waals surface area contributed by atoms with E-state index in [0.29, 0.717) is 19.3 Å². The maximum Gasteiger partial charge on any atom is 0.334 e. The summed E-state index contributed by atoms with van der Waals surface area (Å²) < 4.78 is 17.6. The van der Waals surface area contributed by atoms with E-state index >= 15 is 0 Å². The second-order valence-corrected chi connectivity index (χ2v) is 14.2. The maximum atomic E-state index is 11.6. The number of hydrogen-bond acceptors (Lipinski definition) is 8. The minimum atomic E-state index is -0.578. The minimum Gasteiger partial charge on any atom is -0.455 e. The van der Waals surface area contributed by atoms with Crippen LogP contribution in [0.3, 0.4) is 0 Å². The van der Waals surface area contributed by atoms with Crippen LogP contribution in [0.5, 0.6) is 0 Å². The maximum absolute atomic E-state index is 11.6. The van der Waals surface area contributed by atoms with Crippen molar-refractivity contribution < 1.29 is 39.4 Å². The number of cyclic esters (lactones) is 1. The fourth-order valence-electron chi connectivity index (χ4n) is 7.28. The molecule has 3 rings (SSSR count). The van der Waals surface area contributed by atoms with Gasteiger partial charge in [-0.3, -0.25) is 0 Å². The first-order valence-electron chi connectivity index (χ1n) is 18.7. The Balaban J connectivity index is 1.16. The summed E-state index contributed by atoms with van der Waals surface area (Å²) in [6.07, 6.45) is 21.2. The lowest BCUT2D eigenvalue weighted by molar-refractivity contribution is -0.139. The first-order chi connectivity index (χ1) is 21.8. The highest BCUT2D eigenvalue weighted by Gasteiger charge is 2.40. The average Bonchev–Trinajstić information content (AvgIpc) is 3.77. The van der Waals surface area contributed by atoms with Crippen molar-refractivity contribution in [2.24, 2.45) is 0 Å². The number of unbranched alkanes of at least 4 members (excludes halogenated alkanes) is 9. The van der Waals surface area contributed by atoms with E-state index in [1.165, 1.54) is 32.1 Å². The molecule has 0 aromatic carbocycles. The predicted octanol–water partition coefficient (Wildman–Crippen LogP) is 6.83. The van der Waals surface area contributed by atoms with Crippen LogP contribution in [0.15, 0.2) is 11.6 Å². The average molecular weight is 639 g/mol. The topological polar surface area (TPSA) is 126 Å². The lowest BCUT2D eigenvalue weighted by atomic mass is 9.99. The predicted molar refractivity (Wildman–Crippen MR) is 177 cm³/mol. The van der Waals surface area contributed by atoms with Gasteiger partial charge in [-0.25, -0.2) is 4.79 Å². The van der Waals surface area contributed by atoms with Crippen LogP contribution in [-0.2, 0) is 19.0 Å². The van der Waals surface area contributed by atoms with Crippen LogP contribution in [0, 0.1) is 0 Å². The molecule has 0 spiro atoms. The van der Waals surface area contributed by atoms with E-state index in [-0.39, 0.29) is 48.7 Å². The monoisotopic (exact) mass is 638 g/mol. The highest BCUT2D eigenvalue weighted by atomic mass is 16.6. The van der Waals surface area contributed by atoms with Gasteiger partial charge in [0.05, 0.1) is 48.8 Å². The van der Waals surface area contributed by atoms with Crippen LogP contribution in [0.25, 0.3) is 0 Å². The first-order valence-corrected chi connectivity index (χ1v) is 18.7. The fraction of sp³-hybridized carbons (Fsp3) is 0.919. The fourth-order valence-corrected chi connectivity index (χ4v) is 7.28. The molecule has 8 nitrogen and oxygen atoms in total. The molecule has 3 heterocycles. The molecule has 8 heteroatoms. The van der Waals surface area contributed by atoms with E-state index in [9.17, 15) is 25.2 Å². The molecule has 0 aliphatic carbocycles. The minimum absolute atomic E-state index is 0.0381. The second-order valence-electron chi connectivity index (χ2n) is 14.2. The molecule has 0 aromatic rings. The van der Waals surface area contributed by atoms with Gasteiger partial charge in [-0.05, 0) is 96.5 Å². The van der Waals surface area contributed by atoms with Crippen molar-refractivity contribution in [3.63, 3.8) is 0 Å². The highest BCUT2D eigenvalue weighted by molar-refractivity contribution is 5.90. The third-order valence-electron chi connectivity index (χ3n) is 10.1. The van der Waals surface area contributed by atoms with Gasteiger partial charge in [0.1, 0.15) is 6.10 Å². The largest absolute Gasteiger partial charge is 0.455 e. The standard InChI is InChI=1S/C37H66O8/c1-3-4-5-12-16-29(38)18-14-19-31(40)33-22-24-35(44-33)36-25-23-34(45-36)32(41)21-20-30(39)17-13-10-8-6-7-9-11-15-28-26-27(2)43-37(28)42/h26-27,29-36,38-41H,3-25H2,1-2H3/t27-,29-,30+,31-,32+,33+,34+,35+,36+/m0/s1. The molecule has 3 aliphatic heterocycles. The Hall–Kier alpha value is -1.03. The smallest absolute Gasteiger partial charge is 0.334 e. The SMILES string of the molecule is CCCCCC[C@H](O)CCC[C@H](O)[C@H]1CC[C@H]([C@H]2CC[C@H]([C@H](O)CC[C@H](O)CCCCCCCCCC3=C[C@H](C)OC3=O)O2)O1. The number of ether oxygens (including phenoxy) is 3. The Bertz CT molecular complexity index is 833. The summed E-state index contributed by atoms with van der Waals surface area (Å²) in [6, 6.07) is 0. The Morgan fingerprint density at radius 3 is 1.73 bits per heavy atom. The number of hydrogen-bond donors (Lipinski definition) is 4. The molecule has 4 N–H and O–H groups in total. The van der Waals surface area contributed by atoms with Crippen LogP contribution in [0.2, 0.25) is 0 Å². The van der Waals surface area contributed by atoms with Gasteiger partial charge in [0.25, 0.3) is 0 Å². The molecular weight excluding hydrogens is 572 g/mol.